The van der Waals surface area contributed by atoms with E-state index in [1.54, 1.807) is 33.9 Å². The van der Waals surface area contributed by atoms with Gasteiger partial charge in [-0.05, 0) is 42.9 Å². The van der Waals surface area contributed by atoms with E-state index >= 15 is 0 Å². The Morgan fingerprint density at radius 2 is 1.87 bits per heavy atom. The number of rotatable bonds is 18. The molecule has 54 heavy (non-hydrogen) atoms. The highest BCUT2D eigenvalue weighted by molar-refractivity contribution is 5.98. The van der Waals surface area contributed by atoms with Crippen LogP contribution in [0.1, 0.15) is 51.2 Å². The van der Waals surface area contributed by atoms with Crippen molar-refractivity contribution in [1.29, 1.82) is 0 Å². The van der Waals surface area contributed by atoms with E-state index in [0.717, 1.165) is 5.52 Å². The van der Waals surface area contributed by atoms with Crippen LogP contribution in [0.2, 0.25) is 0 Å². The molecule has 8 atom stereocenters. The van der Waals surface area contributed by atoms with Crippen molar-refractivity contribution in [1.82, 2.24) is 30.1 Å². The van der Waals surface area contributed by atoms with E-state index in [2.05, 4.69) is 28.8 Å². The highest BCUT2D eigenvalue weighted by Gasteiger charge is 2.76. The topological polar surface area (TPSA) is 165 Å². The molecule has 0 saturated carbocycles. The minimum absolute atomic E-state index is 0.0170. The molecule has 6 rings (SSSR count). The number of amides is 3. The number of likely N-dealkylation sites (tertiary alicyclic amines) is 1. The molecule has 3 aliphatic heterocycles. The lowest BCUT2D eigenvalue weighted by Gasteiger charge is -2.40. The van der Waals surface area contributed by atoms with Crippen molar-refractivity contribution >= 4 is 34.7 Å². The zero-order valence-corrected chi connectivity index (χ0v) is 31.1. The number of para-hydroxylation sites is 1. The number of benzene rings is 2. The average Bonchev–Trinajstić information content (AvgIpc) is 3.92. The third kappa shape index (κ3) is 7.17. The molecule has 3 aliphatic rings. The maximum absolute atomic E-state index is 15.0. The van der Waals surface area contributed by atoms with Gasteiger partial charge in [0.05, 0.1) is 48.8 Å². The number of fused-ring (bicyclic) bond motifs is 2. The SMILES string of the molecule is C=CCCC(=O)N[C@H](COC)[C@H](OC(=O)[C@@H]1[C@@H]2CC[C@]3(O2)[C@H](C(=O)N(CC=C)Cn2nnc4ccccc42)N([C@@H](CO)C(C)C)C(=O)[C@@H]13)c1ccccc1. The van der Waals surface area contributed by atoms with Crippen molar-refractivity contribution in [3.8, 4) is 0 Å². The minimum Gasteiger partial charge on any atom is -0.455 e. The maximum atomic E-state index is 15.0. The van der Waals surface area contributed by atoms with Crippen molar-refractivity contribution in [2.24, 2.45) is 17.8 Å². The van der Waals surface area contributed by atoms with Gasteiger partial charge in [0.2, 0.25) is 17.7 Å². The monoisotopic (exact) mass is 742 g/mol. The van der Waals surface area contributed by atoms with E-state index in [1.807, 2.05) is 56.3 Å². The quantitative estimate of drug-likeness (QED) is 0.146. The predicted molar refractivity (Wildman–Crippen MR) is 198 cm³/mol. The standard InChI is InChI=1S/C40H50N6O8/c1-6-8-18-32(48)41-28(23-52-5)35(26-14-10-9-11-15-26)53-39(51)33-31-19-20-40(54-31)34(33)37(49)46(30(22-47)25(3)4)36(40)38(50)44(21-7-2)24-45-29-17-13-12-16-27(29)42-43-45/h6-7,9-17,25,28,30-31,33-36,47H,1-2,8,18-24H2,3-5H3,(H,41,48)/t28-,30+,31+,33-,34-,35-,36+,40-/m1/s1. The van der Waals surface area contributed by atoms with Crippen LogP contribution in [0, 0.1) is 17.8 Å². The highest BCUT2D eigenvalue weighted by atomic mass is 16.6. The lowest BCUT2D eigenvalue weighted by molar-refractivity contribution is -0.164. The summed E-state index contributed by atoms with van der Waals surface area (Å²) in [4.78, 5) is 60.3. The van der Waals surface area contributed by atoms with Crippen LogP contribution < -0.4 is 5.32 Å². The molecule has 0 unspecified atom stereocenters. The first-order valence-electron chi connectivity index (χ1n) is 18.5. The normalized spacial score (nSPS) is 24.6. The second-order valence-electron chi connectivity index (χ2n) is 14.6. The summed E-state index contributed by atoms with van der Waals surface area (Å²) < 4.78 is 20.1. The number of aromatic nitrogens is 3. The Balaban J connectivity index is 1.35. The van der Waals surface area contributed by atoms with Gasteiger partial charge in [-0.25, -0.2) is 4.68 Å². The van der Waals surface area contributed by atoms with Crippen LogP contribution in [0.15, 0.2) is 79.9 Å². The Bertz CT molecular complexity index is 1850. The molecule has 4 heterocycles. The van der Waals surface area contributed by atoms with E-state index in [-0.39, 0.29) is 38.1 Å². The zero-order valence-electron chi connectivity index (χ0n) is 31.1. The molecular formula is C40H50N6O8. The summed E-state index contributed by atoms with van der Waals surface area (Å²) in [5, 5.41) is 22.2. The molecule has 3 amide bonds. The van der Waals surface area contributed by atoms with Gasteiger partial charge in [-0.2, -0.15) is 0 Å². The average molecular weight is 743 g/mol. The fraction of sp³-hybridized carbons (Fsp3) is 0.500. The van der Waals surface area contributed by atoms with Crippen LogP contribution in [-0.4, -0.2) is 110 Å². The number of hydrogen-bond donors (Lipinski definition) is 2. The van der Waals surface area contributed by atoms with Gasteiger partial charge in [-0.1, -0.05) is 73.7 Å². The Hall–Kier alpha value is -4.92. The van der Waals surface area contributed by atoms with Crippen LogP contribution >= 0.6 is 0 Å². The van der Waals surface area contributed by atoms with E-state index in [1.165, 1.54) is 12.0 Å². The molecule has 0 aliphatic carbocycles. The lowest BCUT2D eigenvalue weighted by Crippen LogP contribution is -2.59. The summed E-state index contributed by atoms with van der Waals surface area (Å²) >= 11 is 0. The van der Waals surface area contributed by atoms with Gasteiger partial charge in [0.25, 0.3) is 0 Å². The number of ether oxygens (including phenoxy) is 3. The molecule has 1 spiro atoms. The number of nitrogens with zero attached hydrogens (tertiary/aromatic N) is 5. The van der Waals surface area contributed by atoms with E-state index < -0.39 is 72.2 Å². The number of carbonyl (C=O) groups excluding carboxylic acids is 4. The molecule has 3 aromatic rings. The third-order valence-corrected chi connectivity index (χ3v) is 10.9. The first-order chi connectivity index (χ1) is 26.1. The summed E-state index contributed by atoms with van der Waals surface area (Å²) in [6, 6.07) is 13.8. The van der Waals surface area contributed by atoms with Crippen LogP contribution in [-0.2, 0) is 40.1 Å². The number of carbonyl (C=O) groups is 4. The number of aliphatic hydroxyl groups excluding tert-OH is 1. The summed E-state index contributed by atoms with van der Waals surface area (Å²) in [6.45, 7) is 11.1. The summed E-state index contributed by atoms with van der Waals surface area (Å²) in [6.07, 6.45) is 3.02. The Kier molecular flexibility index (Phi) is 11.9. The fourth-order valence-electron chi connectivity index (χ4n) is 8.47. The number of methoxy groups -OCH3 is 1. The molecule has 14 nitrogen and oxygen atoms in total. The number of allylic oxidation sites excluding steroid dienone is 1. The number of hydrogen-bond acceptors (Lipinski definition) is 10. The van der Waals surface area contributed by atoms with Crippen molar-refractivity contribution in [3.63, 3.8) is 0 Å². The Labute approximate surface area is 315 Å². The fourth-order valence-corrected chi connectivity index (χ4v) is 8.47. The number of esters is 1. The zero-order chi connectivity index (χ0) is 38.6. The number of nitrogens with one attached hydrogen (secondary N) is 1. The molecule has 0 radical (unpaired) electrons. The lowest BCUT2D eigenvalue weighted by atomic mass is 9.70. The summed E-state index contributed by atoms with van der Waals surface area (Å²) in [5.74, 6) is -4.13. The van der Waals surface area contributed by atoms with Gasteiger partial charge >= 0.3 is 5.97 Å². The van der Waals surface area contributed by atoms with Crippen molar-refractivity contribution in [2.75, 3.05) is 26.9 Å². The van der Waals surface area contributed by atoms with Gasteiger partial charge in [0.15, 0.2) is 0 Å². The second kappa shape index (κ2) is 16.6. The van der Waals surface area contributed by atoms with Crippen LogP contribution in [0.25, 0.3) is 11.0 Å². The Morgan fingerprint density at radius 3 is 2.56 bits per heavy atom. The molecule has 2 bridgehead atoms. The van der Waals surface area contributed by atoms with Crippen molar-refractivity contribution in [2.45, 2.75) is 82.1 Å². The van der Waals surface area contributed by atoms with E-state index in [0.29, 0.717) is 30.3 Å². The molecule has 288 valence electrons. The largest absolute Gasteiger partial charge is 0.455 e. The third-order valence-electron chi connectivity index (χ3n) is 10.9. The van der Waals surface area contributed by atoms with E-state index in [4.69, 9.17) is 14.2 Å². The van der Waals surface area contributed by atoms with Gasteiger partial charge in [0.1, 0.15) is 29.9 Å². The molecule has 1 aromatic heterocycles. The summed E-state index contributed by atoms with van der Waals surface area (Å²) in [5.41, 5.74) is 0.658. The van der Waals surface area contributed by atoms with Gasteiger partial charge < -0.3 is 34.4 Å². The minimum atomic E-state index is -1.36. The Morgan fingerprint density at radius 1 is 1.13 bits per heavy atom. The predicted octanol–water partition coefficient (Wildman–Crippen LogP) is 3.18. The van der Waals surface area contributed by atoms with Crippen LogP contribution in [0.5, 0.6) is 0 Å². The molecule has 3 saturated heterocycles. The van der Waals surface area contributed by atoms with Crippen molar-refractivity contribution in [3.05, 3.63) is 85.5 Å². The molecule has 2 aromatic carbocycles. The first kappa shape index (κ1) is 38.8. The van der Waals surface area contributed by atoms with Gasteiger partial charge in [0, 0.05) is 20.1 Å². The smallest absolute Gasteiger partial charge is 0.313 e. The first-order valence-corrected chi connectivity index (χ1v) is 18.5. The van der Waals surface area contributed by atoms with Crippen LogP contribution in [0.3, 0.4) is 0 Å². The van der Waals surface area contributed by atoms with Gasteiger partial charge in [-0.15, -0.1) is 18.3 Å². The van der Waals surface area contributed by atoms with Crippen molar-refractivity contribution < 1.29 is 38.5 Å². The molecule has 14 heteroatoms. The molecule has 3 fully saturated rings. The highest BCUT2D eigenvalue weighted by Crippen LogP contribution is 2.59. The number of aliphatic hydroxyl groups is 1. The molecular weight excluding hydrogens is 692 g/mol. The maximum Gasteiger partial charge on any atom is 0.313 e. The molecule has 2 N–H and O–H groups in total. The van der Waals surface area contributed by atoms with E-state index in [9.17, 15) is 24.3 Å². The summed E-state index contributed by atoms with van der Waals surface area (Å²) in [7, 11) is 1.50. The van der Waals surface area contributed by atoms with Gasteiger partial charge in [-0.3, -0.25) is 19.2 Å². The second-order valence-corrected chi connectivity index (χ2v) is 14.6. The van der Waals surface area contributed by atoms with Crippen LogP contribution in [0.4, 0.5) is 0 Å².